The molecule has 5 rings (SSSR count). The maximum atomic E-state index is 15.2. The fraction of sp³-hybridized carbons (Fsp3) is 0.571. The lowest BCUT2D eigenvalue weighted by atomic mass is 9.50. The minimum Gasteiger partial charge on any atom is -0.466 e. The predicted octanol–water partition coefficient (Wildman–Crippen LogP) is 6.78. The van der Waals surface area contributed by atoms with Gasteiger partial charge in [0.05, 0.1) is 13.0 Å². The highest BCUT2D eigenvalue weighted by Crippen LogP contribution is 2.70. The van der Waals surface area contributed by atoms with E-state index in [9.17, 15) is 32.7 Å². The van der Waals surface area contributed by atoms with E-state index in [1.54, 1.807) is 25.2 Å². The van der Waals surface area contributed by atoms with Gasteiger partial charge in [0.1, 0.15) is 5.60 Å². The number of amides is 2. The van der Waals surface area contributed by atoms with Gasteiger partial charge >= 0.3 is 24.1 Å². The van der Waals surface area contributed by atoms with E-state index < -0.39 is 53.4 Å². The number of alkyl halides is 5. The molecular weight excluding hydrogens is 623 g/mol. The van der Waals surface area contributed by atoms with Crippen molar-refractivity contribution in [3.8, 4) is 0 Å². The van der Waals surface area contributed by atoms with Crippen molar-refractivity contribution in [3.63, 3.8) is 0 Å². The third kappa shape index (κ3) is 6.37. The molecule has 2 amide bonds. The quantitative estimate of drug-likeness (QED) is 0.200. The summed E-state index contributed by atoms with van der Waals surface area (Å²) in [5.41, 5.74) is -0.487. The second kappa shape index (κ2) is 13.2. The summed E-state index contributed by atoms with van der Waals surface area (Å²) in [5.74, 6) is -7.02. The molecule has 0 saturated heterocycles. The Kier molecular flexibility index (Phi) is 9.74. The Morgan fingerprint density at radius 2 is 1.79 bits per heavy atom. The van der Waals surface area contributed by atoms with Crippen LogP contribution in [0.2, 0.25) is 0 Å². The minimum absolute atomic E-state index is 0.0276. The molecule has 0 aliphatic heterocycles. The van der Waals surface area contributed by atoms with E-state index in [0.717, 1.165) is 27.8 Å². The number of benzene rings is 1. The Balaban J connectivity index is 1.38. The molecule has 4 aliphatic carbocycles. The molecule has 2 unspecified atom stereocenters. The van der Waals surface area contributed by atoms with Gasteiger partial charge in [-0.05, 0) is 85.6 Å². The van der Waals surface area contributed by atoms with Gasteiger partial charge in [0.15, 0.2) is 5.78 Å². The van der Waals surface area contributed by atoms with Crippen LogP contribution in [0.3, 0.4) is 0 Å². The normalized spacial score (nSPS) is 29.1. The van der Waals surface area contributed by atoms with Crippen molar-refractivity contribution in [2.45, 2.75) is 88.8 Å². The average molecular weight is 665 g/mol. The zero-order valence-electron chi connectivity index (χ0n) is 26.5. The number of ether oxygens (including phenoxy) is 1. The number of hydrogen-bond acceptors (Lipinski definition) is 5. The van der Waals surface area contributed by atoms with Gasteiger partial charge in [-0.3, -0.25) is 9.59 Å². The summed E-state index contributed by atoms with van der Waals surface area (Å²) in [7, 11) is 0. The third-order valence-electron chi connectivity index (χ3n) is 10.7. The maximum absolute atomic E-state index is 15.2. The number of fused-ring (bicyclic) bond motifs is 4. The summed E-state index contributed by atoms with van der Waals surface area (Å²) in [4.78, 5) is 35.6. The first-order chi connectivity index (χ1) is 22.1. The van der Waals surface area contributed by atoms with Gasteiger partial charge in [-0.15, -0.1) is 0 Å². The number of nitrogens with one attached hydrogen (secondary N) is 2. The van der Waals surface area contributed by atoms with Crippen LogP contribution in [-0.2, 0) is 14.3 Å². The van der Waals surface area contributed by atoms with Gasteiger partial charge in [0, 0.05) is 30.8 Å². The minimum atomic E-state index is -5.90. The van der Waals surface area contributed by atoms with Crippen molar-refractivity contribution in [2.24, 2.45) is 17.3 Å². The zero-order valence-corrected chi connectivity index (χ0v) is 26.5. The first-order valence-corrected chi connectivity index (χ1v) is 16.2. The summed E-state index contributed by atoms with van der Waals surface area (Å²) in [6.45, 7) is 3.70. The lowest BCUT2D eigenvalue weighted by molar-refractivity contribution is -0.362. The number of hydrogen-bond donors (Lipinski definition) is 3. The predicted molar refractivity (Wildman–Crippen MR) is 164 cm³/mol. The monoisotopic (exact) mass is 664 g/mol. The number of carbonyl (C=O) groups excluding carboxylic acids is 3. The lowest BCUT2D eigenvalue weighted by Gasteiger charge is -2.56. The Hall–Kier alpha value is -3.54. The van der Waals surface area contributed by atoms with Crippen molar-refractivity contribution in [3.05, 3.63) is 64.3 Å². The van der Waals surface area contributed by atoms with E-state index in [4.69, 9.17) is 4.74 Å². The van der Waals surface area contributed by atoms with Crippen molar-refractivity contribution < 1.29 is 46.2 Å². The van der Waals surface area contributed by atoms with E-state index in [1.807, 2.05) is 24.3 Å². The van der Waals surface area contributed by atoms with Gasteiger partial charge in [0.2, 0.25) is 0 Å². The summed E-state index contributed by atoms with van der Waals surface area (Å²) < 4.78 is 76.5. The van der Waals surface area contributed by atoms with Gasteiger partial charge in [-0.1, -0.05) is 48.9 Å². The number of carbonyl (C=O) groups is 3. The number of urea groups is 1. The molecule has 7 nitrogen and oxygen atoms in total. The Labute approximate surface area is 270 Å². The Morgan fingerprint density at radius 1 is 1.06 bits per heavy atom. The van der Waals surface area contributed by atoms with Gasteiger partial charge < -0.3 is 20.5 Å². The SMILES string of the molecule is CCOC(=O)CCNC(=O)NC/C=C/c1ccc([C@H]2C[C@@]3(C)C(CC[C@@]3(O)C(F)(F)C(F)(F)F)C3CCC4=CC(=O)CCC4=C32)cc1. The van der Waals surface area contributed by atoms with Crippen LogP contribution in [0, 0.1) is 17.3 Å². The number of halogens is 5. The number of aliphatic hydroxyl groups is 1. The molecule has 1 aromatic carbocycles. The summed E-state index contributed by atoms with van der Waals surface area (Å²) >= 11 is 0. The van der Waals surface area contributed by atoms with Crippen LogP contribution in [-0.4, -0.2) is 60.3 Å². The van der Waals surface area contributed by atoms with Gasteiger partial charge in [-0.25, -0.2) is 4.79 Å². The molecule has 3 N–H and O–H groups in total. The smallest absolute Gasteiger partial charge is 0.456 e. The molecule has 0 spiro atoms. The molecule has 0 radical (unpaired) electrons. The second-order valence-corrected chi connectivity index (χ2v) is 13.2. The number of rotatable bonds is 9. The molecule has 47 heavy (non-hydrogen) atoms. The average Bonchev–Trinajstić information content (AvgIpc) is 3.30. The second-order valence-electron chi connectivity index (χ2n) is 13.2. The van der Waals surface area contributed by atoms with Crippen LogP contribution in [0.15, 0.2) is 53.1 Å². The molecule has 5 atom stereocenters. The highest BCUT2D eigenvalue weighted by atomic mass is 19.4. The van der Waals surface area contributed by atoms with Crippen molar-refractivity contribution in [2.75, 3.05) is 19.7 Å². The Morgan fingerprint density at radius 3 is 2.47 bits per heavy atom. The van der Waals surface area contributed by atoms with Crippen molar-refractivity contribution >= 4 is 23.9 Å². The van der Waals surface area contributed by atoms with E-state index in [-0.39, 0.29) is 50.7 Å². The fourth-order valence-electron chi connectivity index (χ4n) is 8.47. The highest BCUT2D eigenvalue weighted by Gasteiger charge is 2.79. The number of allylic oxidation sites excluding steroid dienone is 4. The third-order valence-corrected chi connectivity index (χ3v) is 10.7. The standard InChI is InChI=1S/C35H41F5N2O5/c1-3-47-29(44)15-18-42-31(45)41-17-4-5-21-6-8-22(9-7-21)27-20-32(2)28(14-16-33(32,46)34(36,37)35(38,39)40)26-12-10-23-19-24(43)11-13-25(23)30(26)27/h4-9,19,26-28,46H,3,10-18,20H2,1-2H3,(H2,41,42,45)/b5-4+/t26?,27-,28?,32+,33+/m1/s1. The lowest BCUT2D eigenvalue weighted by Crippen LogP contribution is -2.65. The molecular formula is C35H41F5N2O5. The van der Waals surface area contributed by atoms with Crippen LogP contribution in [0.1, 0.15) is 82.3 Å². The first kappa shape index (κ1) is 34.8. The molecule has 0 bridgehead atoms. The van der Waals surface area contributed by atoms with Crippen LogP contribution in [0.5, 0.6) is 0 Å². The van der Waals surface area contributed by atoms with E-state index in [2.05, 4.69) is 10.6 Å². The van der Waals surface area contributed by atoms with E-state index in [1.165, 1.54) is 6.92 Å². The molecule has 1 aromatic rings. The van der Waals surface area contributed by atoms with E-state index in [0.29, 0.717) is 25.7 Å². The molecule has 256 valence electrons. The zero-order chi connectivity index (χ0) is 34.2. The molecule has 4 aliphatic rings. The van der Waals surface area contributed by atoms with Crippen LogP contribution in [0.25, 0.3) is 6.08 Å². The van der Waals surface area contributed by atoms with E-state index >= 15 is 8.78 Å². The maximum Gasteiger partial charge on any atom is 0.456 e. The molecule has 0 heterocycles. The summed E-state index contributed by atoms with van der Waals surface area (Å²) in [6, 6.07) is 6.84. The fourth-order valence-corrected chi connectivity index (χ4v) is 8.47. The number of ketones is 1. The van der Waals surface area contributed by atoms with Crippen molar-refractivity contribution in [1.82, 2.24) is 10.6 Å². The first-order valence-electron chi connectivity index (χ1n) is 16.2. The summed E-state index contributed by atoms with van der Waals surface area (Å²) in [5, 5.41) is 16.6. The van der Waals surface area contributed by atoms with Crippen molar-refractivity contribution in [1.29, 1.82) is 0 Å². The molecule has 0 aromatic heterocycles. The summed E-state index contributed by atoms with van der Waals surface area (Å²) in [6.07, 6.45) is 0.539. The van der Waals surface area contributed by atoms with Crippen LogP contribution < -0.4 is 10.6 Å². The van der Waals surface area contributed by atoms with Gasteiger partial charge in [0.25, 0.3) is 0 Å². The van der Waals surface area contributed by atoms with Gasteiger partial charge in [-0.2, -0.15) is 22.0 Å². The Bertz CT molecular complexity index is 1480. The molecule has 2 saturated carbocycles. The van der Waals surface area contributed by atoms with Crippen LogP contribution >= 0.6 is 0 Å². The molecule has 12 heteroatoms. The highest BCUT2D eigenvalue weighted by molar-refractivity contribution is 5.93. The topological polar surface area (TPSA) is 105 Å². The number of esters is 1. The van der Waals surface area contributed by atoms with Crippen LogP contribution in [0.4, 0.5) is 26.7 Å². The molecule has 2 fully saturated rings. The largest absolute Gasteiger partial charge is 0.466 e.